The van der Waals surface area contributed by atoms with E-state index < -0.39 is 0 Å². The van der Waals surface area contributed by atoms with Crippen LogP contribution in [0.15, 0.2) is 67.0 Å². The molecule has 0 saturated heterocycles. The number of allylic oxidation sites excluding steroid dienone is 1. The lowest BCUT2D eigenvalue weighted by molar-refractivity contribution is 0.274. The second-order valence-corrected chi connectivity index (χ2v) is 9.74. The summed E-state index contributed by atoms with van der Waals surface area (Å²) in [4.78, 5) is 14.3. The largest absolute Gasteiger partial charge is 0.497 e. The van der Waals surface area contributed by atoms with Crippen LogP contribution in [0, 0.1) is 11.3 Å². The molecule has 4 aromatic rings. The number of hydrogen-bond donors (Lipinski definition) is 0. The van der Waals surface area contributed by atoms with Gasteiger partial charge in [0.2, 0.25) is 0 Å². The van der Waals surface area contributed by atoms with Crippen molar-refractivity contribution in [2.45, 2.75) is 47.0 Å². The van der Waals surface area contributed by atoms with Gasteiger partial charge in [-0.05, 0) is 48.1 Å². The highest BCUT2D eigenvalue weighted by molar-refractivity contribution is 5.89. The van der Waals surface area contributed by atoms with E-state index in [0.29, 0.717) is 5.92 Å². The van der Waals surface area contributed by atoms with Gasteiger partial charge in [-0.25, -0.2) is 15.0 Å². The minimum absolute atomic E-state index is 0.178. The summed E-state index contributed by atoms with van der Waals surface area (Å²) in [5.74, 6) is 2.12. The number of methoxy groups -OCH3 is 1. The summed E-state index contributed by atoms with van der Waals surface area (Å²) in [6, 6.07) is 18.2. The van der Waals surface area contributed by atoms with Crippen LogP contribution in [0.25, 0.3) is 34.2 Å². The number of fused-ring (bicyclic) bond motifs is 1. The van der Waals surface area contributed by atoms with E-state index in [2.05, 4.69) is 66.5 Å². The van der Waals surface area contributed by atoms with Crippen LogP contribution >= 0.6 is 0 Å². The van der Waals surface area contributed by atoms with Crippen molar-refractivity contribution < 1.29 is 4.74 Å². The third-order valence-corrected chi connectivity index (χ3v) is 6.31. The van der Waals surface area contributed by atoms with Crippen molar-refractivity contribution >= 4 is 17.2 Å². The number of imidazole rings is 1. The van der Waals surface area contributed by atoms with E-state index in [1.54, 1.807) is 13.4 Å². The van der Waals surface area contributed by atoms with Gasteiger partial charge < -0.3 is 4.74 Å². The number of benzene rings is 2. The van der Waals surface area contributed by atoms with Gasteiger partial charge in [-0.2, -0.15) is 0 Å². The van der Waals surface area contributed by atoms with E-state index in [9.17, 15) is 0 Å². The number of hydrogen-bond acceptors (Lipinski definition) is 4. The predicted octanol–water partition coefficient (Wildman–Crippen LogP) is 7.36. The standard InChI is InChI=1S/C29H34N4O/c1-6-7-13-22(29(2,3)4)14-19-25-32-27-26(21-11-9-8-10-12-21)30-20-31-28(27)33(25)23-15-17-24(34-5)18-16-23/h8-12,14-20,22H,6-7,13H2,1-5H3/b19-14+. The monoisotopic (exact) mass is 454 g/mol. The maximum Gasteiger partial charge on any atom is 0.168 e. The Bertz CT molecular complexity index is 1250. The summed E-state index contributed by atoms with van der Waals surface area (Å²) in [5, 5.41) is 0. The molecule has 4 rings (SSSR count). The summed E-state index contributed by atoms with van der Waals surface area (Å²) in [6.07, 6.45) is 9.68. The molecule has 0 aliphatic rings. The second-order valence-electron chi connectivity index (χ2n) is 9.74. The Labute approximate surface area is 202 Å². The molecule has 5 nitrogen and oxygen atoms in total. The third kappa shape index (κ3) is 5.04. The fraction of sp³-hybridized carbons (Fsp3) is 0.345. The molecule has 2 aromatic heterocycles. The molecule has 34 heavy (non-hydrogen) atoms. The zero-order chi connectivity index (χ0) is 24.1. The Hall–Kier alpha value is -3.47. The van der Waals surface area contributed by atoms with Gasteiger partial charge in [0.05, 0.1) is 7.11 Å². The Morgan fingerprint density at radius 2 is 1.74 bits per heavy atom. The molecule has 0 amide bonds. The van der Waals surface area contributed by atoms with Crippen molar-refractivity contribution in [2.75, 3.05) is 7.11 Å². The van der Waals surface area contributed by atoms with Crippen LogP contribution in [0.5, 0.6) is 5.75 Å². The van der Waals surface area contributed by atoms with Gasteiger partial charge in [0, 0.05) is 11.3 Å². The fourth-order valence-electron chi connectivity index (χ4n) is 4.26. The summed E-state index contributed by atoms with van der Waals surface area (Å²) in [5.41, 5.74) is 4.62. The molecule has 176 valence electrons. The van der Waals surface area contributed by atoms with Crippen LogP contribution in [0.1, 0.15) is 52.8 Å². The molecular formula is C29H34N4O. The molecular weight excluding hydrogens is 420 g/mol. The van der Waals surface area contributed by atoms with E-state index in [-0.39, 0.29) is 5.41 Å². The molecule has 0 radical (unpaired) electrons. The lowest BCUT2D eigenvalue weighted by Gasteiger charge is -2.28. The summed E-state index contributed by atoms with van der Waals surface area (Å²) in [7, 11) is 1.68. The Morgan fingerprint density at radius 1 is 1.00 bits per heavy atom. The average Bonchev–Trinajstić information content (AvgIpc) is 3.22. The van der Waals surface area contributed by atoms with E-state index >= 15 is 0 Å². The van der Waals surface area contributed by atoms with E-state index in [1.165, 1.54) is 12.8 Å². The Morgan fingerprint density at radius 3 is 2.38 bits per heavy atom. The lowest BCUT2D eigenvalue weighted by atomic mass is 9.77. The SMILES string of the molecule is CCCCC(/C=C/c1nc2c(-c3ccccc3)ncnc2n1-c1ccc(OC)cc1)C(C)(C)C. The van der Waals surface area contributed by atoms with Crippen molar-refractivity contribution in [1.29, 1.82) is 0 Å². The van der Waals surface area contributed by atoms with E-state index in [4.69, 9.17) is 9.72 Å². The number of aromatic nitrogens is 4. The van der Waals surface area contributed by atoms with Crippen LogP contribution in [0.3, 0.4) is 0 Å². The quantitative estimate of drug-likeness (QED) is 0.279. The molecule has 0 N–H and O–H groups in total. The van der Waals surface area contributed by atoms with Gasteiger partial charge in [0.1, 0.15) is 29.1 Å². The van der Waals surface area contributed by atoms with Gasteiger partial charge >= 0.3 is 0 Å². The van der Waals surface area contributed by atoms with Crippen molar-refractivity contribution in [1.82, 2.24) is 19.5 Å². The summed E-state index contributed by atoms with van der Waals surface area (Å²) >= 11 is 0. The number of nitrogens with zero attached hydrogens (tertiary/aromatic N) is 4. The van der Waals surface area contributed by atoms with E-state index in [1.807, 2.05) is 42.5 Å². The molecule has 0 bridgehead atoms. The molecule has 1 atom stereocenters. The highest BCUT2D eigenvalue weighted by Gasteiger charge is 2.22. The first-order valence-electron chi connectivity index (χ1n) is 12.0. The molecule has 0 aliphatic heterocycles. The minimum atomic E-state index is 0.178. The molecule has 1 unspecified atom stereocenters. The van der Waals surface area contributed by atoms with Crippen LogP contribution in [-0.2, 0) is 0 Å². The summed E-state index contributed by atoms with van der Waals surface area (Å²) in [6.45, 7) is 9.17. The lowest BCUT2D eigenvalue weighted by Crippen LogP contribution is -2.18. The van der Waals surface area contributed by atoms with Gasteiger partial charge in [-0.15, -0.1) is 0 Å². The third-order valence-electron chi connectivity index (χ3n) is 6.31. The zero-order valence-corrected chi connectivity index (χ0v) is 20.8. The number of rotatable bonds is 8. The maximum atomic E-state index is 5.37. The molecule has 0 aliphatic carbocycles. The molecule has 5 heteroatoms. The Balaban J connectivity index is 1.88. The average molecular weight is 455 g/mol. The van der Waals surface area contributed by atoms with Crippen molar-refractivity contribution in [2.24, 2.45) is 11.3 Å². The highest BCUT2D eigenvalue weighted by atomic mass is 16.5. The van der Waals surface area contributed by atoms with Crippen molar-refractivity contribution in [3.8, 4) is 22.7 Å². The van der Waals surface area contributed by atoms with Crippen LogP contribution in [0.4, 0.5) is 0 Å². The number of unbranched alkanes of at least 4 members (excludes halogenated alkanes) is 1. The minimum Gasteiger partial charge on any atom is -0.497 e. The van der Waals surface area contributed by atoms with Gasteiger partial charge in [0.15, 0.2) is 5.65 Å². The van der Waals surface area contributed by atoms with E-state index in [0.717, 1.165) is 46.1 Å². The van der Waals surface area contributed by atoms with Gasteiger partial charge in [-0.3, -0.25) is 4.57 Å². The Kier molecular flexibility index (Phi) is 7.11. The van der Waals surface area contributed by atoms with Crippen LogP contribution in [-0.4, -0.2) is 26.6 Å². The smallest absolute Gasteiger partial charge is 0.168 e. The predicted molar refractivity (Wildman–Crippen MR) is 140 cm³/mol. The first-order valence-corrected chi connectivity index (χ1v) is 12.0. The van der Waals surface area contributed by atoms with Crippen LogP contribution in [0.2, 0.25) is 0 Å². The highest BCUT2D eigenvalue weighted by Crippen LogP contribution is 2.33. The van der Waals surface area contributed by atoms with Gasteiger partial charge in [-0.1, -0.05) is 76.9 Å². The molecule has 0 saturated carbocycles. The number of ether oxygens (including phenoxy) is 1. The normalized spacial score (nSPS) is 13.0. The molecule has 0 spiro atoms. The second kappa shape index (κ2) is 10.2. The topological polar surface area (TPSA) is 52.8 Å². The molecule has 2 heterocycles. The molecule has 2 aromatic carbocycles. The van der Waals surface area contributed by atoms with Crippen molar-refractivity contribution in [3.63, 3.8) is 0 Å². The van der Waals surface area contributed by atoms with Crippen molar-refractivity contribution in [3.05, 3.63) is 72.8 Å². The van der Waals surface area contributed by atoms with Gasteiger partial charge in [0.25, 0.3) is 0 Å². The fourth-order valence-corrected chi connectivity index (χ4v) is 4.26. The van der Waals surface area contributed by atoms with Crippen LogP contribution < -0.4 is 4.74 Å². The molecule has 0 fully saturated rings. The zero-order valence-electron chi connectivity index (χ0n) is 20.8. The summed E-state index contributed by atoms with van der Waals surface area (Å²) < 4.78 is 7.48. The maximum absolute atomic E-state index is 5.37. The first kappa shape index (κ1) is 23.7. The first-order chi connectivity index (χ1) is 16.4.